The number of likely N-dealkylation sites (tertiary alicyclic amines) is 2. The van der Waals surface area contributed by atoms with Crippen LogP contribution < -0.4 is 0 Å². The highest BCUT2D eigenvalue weighted by molar-refractivity contribution is 5.82. The number of aliphatic carboxylic acids is 1. The zero-order valence-electron chi connectivity index (χ0n) is 12.1. The number of carbonyl (C=O) groups excluding carboxylic acids is 1. The SMILES string of the molecule is COC1CCN(C(=O)N2CCCCCC2C(=O)O)CC1. The van der Waals surface area contributed by atoms with E-state index < -0.39 is 12.0 Å². The van der Waals surface area contributed by atoms with Crippen molar-refractivity contribution in [2.75, 3.05) is 26.7 Å². The lowest BCUT2D eigenvalue weighted by atomic mass is 10.1. The third-order valence-corrected chi connectivity index (χ3v) is 4.33. The van der Waals surface area contributed by atoms with Gasteiger partial charge >= 0.3 is 12.0 Å². The second-order valence-corrected chi connectivity index (χ2v) is 5.60. The zero-order chi connectivity index (χ0) is 14.5. The third-order valence-electron chi connectivity index (χ3n) is 4.33. The van der Waals surface area contributed by atoms with Gasteiger partial charge in [-0.3, -0.25) is 0 Å². The highest BCUT2D eigenvalue weighted by Gasteiger charge is 2.34. The van der Waals surface area contributed by atoms with Gasteiger partial charge in [-0.25, -0.2) is 9.59 Å². The highest BCUT2D eigenvalue weighted by atomic mass is 16.5. The molecule has 1 atom stereocenters. The number of nitrogens with zero attached hydrogens (tertiary/aromatic N) is 2. The normalized spacial score (nSPS) is 25.4. The van der Waals surface area contributed by atoms with E-state index in [1.54, 1.807) is 16.9 Å². The minimum atomic E-state index is -0.882. The summed E-state index contributed by atoms with van der Waals surface area (Å²) in [6, 6.07) is -0.779. The van der Waals surface area contributed by atoms with Gasteiger partial charge in [0.1, 0.15) is 6.04 Å². The van der Waals surface area contributed by atoms with Crippen molar-refractivity contribution in [2.24, 2.45) is 0 Å². The van der Waals surface area contributed by atoms with Crippen LogP contribution in [-0.4, -0.2) is 65.8 Å². The summed E-state index contributed by atoms with van der Waals surface area (Å²) in [6.45, 7) is 1.86. The third kappa shape index (κ3) is 3.42. The van der Waals surface area contributed by atoms with E-state index >= 15 is 0 Å². The summed E-state index contributed by atoms with van der Waals surface area (Å²) >= 11 is 0. The fourth-order valence-electron chi connectivity index (χ4n) is 3.06. The van der Waals surface area contributed by atoms with Crippen LogP contribution in [0.2, 0.25) is 0 Å². The number of amides is 2. The summed E-state index contributed by atoms with van der Waals surface area (Å²) in [5.41, 5.74) is 0. The van der Waals surface area contributed by atoms with Crippen LogP contribution >= 0.6 is 0 Å². The van der Waals surface area contributed by atoms with Crippen molar-refractivity contribution in [1.82, 2.24) is 9.80 Å². The lowest BCUT2D eigenvalue weighted by molar-refractivity contribution is -0.142. The largest absolute Gasteiger partial charge is 0.480 e. The average molecular weight is 284 g/mol. The molecule has 114 valence electrons. The Morgan fingerprint density at radius 1 is 1.05 bits per heavy atom. The Morgan fingerprint density at radius 2 is 1.75 bits per heavy atom. The van der Waals surface area contributed by atoms with Gasteiger partial charge in [-0.2, -0.15) is 0 Å². The fourth-order valence-corrected chi connectivity index (χ4v) is 3.06. The van der Waals surface area contributed by atoms with Gasteiger partial charge < -0.3 is 19.6 Å². The summed E-state index contributed by atoms with van der Waals surface area (Å²) in [5.74, 6) is -0.882. The summed E-state index contributed by atoms with van der Waals surface area (Å²) in [7, 11) is 1.69. The van der Waals surface area contributed by atoms with Crippen LogP contribution in [0.5, 0.6) is 0 Å². The van der Waals surface area contributed by atoms with Crippen LogP contribution in [-0.2, 0) is 9.53 Å². The number of rotatable bonds is 2. The monoisotopic (exact) mass is 284 g/mol. The first kappa shape index (κ1) is 15.1. The van der Waals surface area contributed by atoms with E-state index in [4.69, 9.17) is 4.74 Å². The summed E-state index contributed by atoms with van der Waals surface area (Å²) in [6.07, 6.45) is 5.21. The van der Waals surface area contributed by atoms with Gasteiger partial charge in [-0.05, 0) is 25.7 Å². The number of carboxylic acid groups (broad SMARTS) is 1. The number of carboxylic acids is 1. The van der Waals surface area contributed by atoms with Crippen molar-refractivity contribution < 1.29 is 19.4 Å². The van der Waals surface area contributed by atoms with E-state index in [9.17, 15) is 14.7 Å². The van der Waals surface area contributed by atoms with Crippen LogP contribution in [0.25, 0.3) is 0 Å². The fraction of sp³-hybridized carbons (Fsp3) is 0.857. The molecule has 2 amide bonds. The van der Waals surface area contributed by atoms with Crippen LogP contribution in [0, 0.1) is 0 Å². The van der Waals surface area contributed by atoms with Crippen LogP contribution in [0.15, 0.2) is 0 Å². The predicted molar refractivity (Wildman–Crippen MR) is 73.6 cm³/mol. The number of ether oxygens (including phenoxy) is 1. The van der Waals surface area contributed by atoms with Crippen molar-refractivity contribution in [3.8, 4) is 0 Å². The molecular weight excluding hydrogens is 260 g/mol. The molecule has 0 aromatic carbocycles. The number of urea groups is 1. The minimum Gasteiger partial charge on any atom is -0.480 e. The molecular formula is C14H24N2O4. The van der Waals surface area contributed by atoms with Gasteiger partial charge in [0.2, 0.25) is 0 Å². The number of piperidine rings is 1. The molecule has 2 fully saturated rings. The molecule has 6 nitrogen and oxygen atoms in total. The van der Waals surface area contributed by atoms with E-state index in [1.165, 1.54) is 0 Å². The molecule has 2 aliphatic heterocycles. The lowest BCUT2D eigenvalue weighted by Gasteiger charge is -2.37. The van der Waals surface area contributed by atoms with Gasteiger partial charge in [0.15, 0.2) is 0 Å². The van der Waals surface area contributed by atoms with Crippen LogP contribution in [0.1, 0.15) is 38.5 Å². The van der Waals surface area contributed by atoms with Gasteiger partial charge in [-0.15, -0.1) is 0 Å². The van der Waals surface area contributed by atoms with Crippen molar-refractivity contribution >= 4 is 12.0 Å². The summed E-state index contributed by atoms with van der Waals surface area (Å²) in [5, 5.41) is 9.33. The van der Waals surface area contributed by atoms with Gasteiger partial charge in [0, 0.05) is 26.7 Å². The van der Waals surface area contributed by atoms with E-state index in [0.29, 0.717) is 26.1 Å². The van der Waals surface area contributed by atoms with Crippen molar-refractivity contribution in [2.45, 2.75) is 50.7 Å². The first-order valence-electron chi connectivity index (χ1n) is 7.44. The number of hydrogen-bond acceptors (Lipinski definition) is 3. The van der Waals surface area contributed by atoms with E-state index in [1.807, 2.05) is 0 Å². The molecule has 2 saturated heterocycles. The number of hydrogen-bond donors (Lipinski definition) is 1. The maximum Gasteiger partial charge on any atom is 0.326 e. The molecule has 0 aromatic heterocycles. The van der Waals surface area contributed by atoms with Gasteiger partial charge in [0.25, 0.3) is 0 Å². The highest BCUT2D eigenvalue weighted by Crippen LogP contribution is 2.21. The van der Waals surface area contributed by atoms with Crippen molar-refractivity contribution in [3.05, 3.63) is 0 Å². The Bertz CT molecular complexity index is 353. The van der Waals surface area contributed by atoms with Crippen LogP contribution in [0.4, 0.5) is 4.79 Å². The smallest absolute Gasteiger partial charge is 0.326 e. The molecule has 2 heterocycles. The van der Waals surface area contributed by atoms with E-state index in [2.05, 4.69) is 0 Å². The zero-order valence-corrected chi connectivity index (χ0v) is 12.1. The first-order chi connectivity index (χ1) is 9.63. The standard InChI is InChI=1S/C14H24N2O4/c1-20-11-6-9-15(10-7-11)14(19)16-8-4-2-3-5-12(16)13(17)18/h11-12H,2-10H2,1H3,(H,17,18). The maximum absolute atomic E-state index is 12.6. The summed E-state index contributed by atoms with van der Waals surface area (Å²) in [4.78, 5) is 27.3. The number of carbonyl (C=O) groups is 2. The topological polar surface area (TPSA) is 70.1 Å². The molecule has 6 heteroatoms. The molecule has 2 rings (SSSR count). The second-order valence-electron chi connectivity index (χ2n) is 5.60. The molecule has 0 saturated carbocycles. The molecule has 2 aliphatic rings. The number of methoxy groups -OCH3 is 1. The molecule has 0 spiro atoms. The predicted octanol–water partition coefficient (Wildman–Crippen LogP) is 1.55. The van der Waals surface area contributed by atoms with Crippen LogP contribution in [0.3, 0.4) is 0 Å². The summed E-state index contributed by atoms with van der Waals surface area (Å²) < 4.78 is 5.30. The Labute approximate surface area is 119 Å². The molecule has 1 N–H and O–H groups in total. The molecule has 20 heavy (non-hydrogen) atoms. The van der Waals surface area contributed by atoms with Crippen molar-refractivity contribution in [3.63, 3.8) is 0 Å². The maximum atomic E-state index is 12.6. The molecule has 0 bridgehead atoms. The van der Waals surface area contributed by atoms with Gasteiger partial charge in [-0.1, -0.05) is 12.8 Å². The molecule has 0 aliphatic carbocycles. The van der Waals surface area contributed by atoms with Gasteiger partial charge in [0.05, 0.1) is 6.10 Å². The quantitative estimate of drug-likeness (QED) is 0.835. The Morgan fingerprint density at radius 3 is 2.35 bits per heavy atom. The van der Waals surface area contributed by atoms with E-state index in [0.717, 1.165) is 32.1 Å². The Balaban J connectivity index is 2.00. The lowest BCUT2D eigenvalue weighted by Crippen LogP contribution is -2.53. The first-order valence-corrected chi connectivity index (χ1v) is 7.44. The minimum absolute atomic E-state index is 0.117. The average Bonchev–Trinajstić information content (AvgIpc) is 2.72. The van der Waals surface area contributed by atoms with Crippen molar-refractivity contribution in [1.29, 1.82) is 0 Å². The molecule has 1 unspecified atom stereocenters. The Hall–Kier alpha value is -1.30. The molecule has 0 radical (unpaired) electrons. The second kappa shape index (κ2) is 6.92. The molecule has 0 aromatic rings. The van der Waals surface area contributed by atoms with E-state index in [-0.39, 0.29) is 12.1 Å². The Kier molecular flexibility index (Phi) is 5.23.